The van der Waals surface area contributed by atoms with Crippen LogP contribution in [0.4, 0.5) is 0 Å². The van der Waals surface area contributed by atoms with E-state index in [4.69, 9.17) is 4.98 Å². The molecule has 0 atom stereocenters. The minimum absolute atomic E-state index is 0.0433. The van der Waals surface area contributed by atoms with Gasteiger partial charge >= 0.3 is 0 Å². The van der Waals surface area contributed by atoms with Gasteiger partial charge in [-0.05, 0) is 25.5 Å². The third-order valence-corrected chi connectivity index (χ3v) is 3.72. The van der Waals surface area contributed by atoms with Crippen LogP contribution in [0.15, 0.2) is 66.7 Å². The van der Waals surface area contributed by atoms with E-state index in [-0.39, 0.29) is 5.78 Å². The lowest BCUT2D eigenvalue weighted by Gasteiger charge is -2.13. The number of aromatic nitrogens is 1. The van der Waals surface area contributed by atoms with E-state index in [9.17, 15) is 4.79 Å². The van der Waals surface area contributed by atoms with Crippen LogP contribution in [-0.4, -0.2) is 10.8 Å². The molecule has 3 aromatic rings. The van der Waals surface area contributed by atoms with Crippen LogP contribution < -0.4 is 0 Å². The number of benzene rings is 2. The number of pyridine rings is 1. The molecule has 1 aromatic heterocycles. The van der Waals surface area contributed by atoms with E-state index in [1.54, 1.807) is 6.92 Å². The van der Waals surface area contributed by atoms with Crippen LogP contribution in [0.2, 0.25) is 0 Å². The Morgan fingerprint density at radius 1 is 0.864 bits per heavy atom. The highest BCUT2D eigenvalue weighted by molar-refractivity contribution is 5.97. The lowest BCUT2D eigenvalue weighted by Crippen LogP contribution is -2.02. The van der Waals surface area contributed by atoms with Crippen molar-refractivity contribution in [1.82, 2.24) is 4.98 Å². The summed E-state index contributed by atoms with van der Waals surface area (Å²) in [6.07, 6.45) is 0. The Bertz CT molecular complexity index is 808. The van der Waals surface area contributed by atoms with Gasteiger partial charge in [-0.15, -0.1) is 0 Å². The van der Waals surface area contributed by atoms with Gasteiger partial charge in [0, 0.05) is 22.4 Å². The summed E-state index contributed by atoms with van der Waals surface area (Å²) in [5.74, 6) is 0.0433. The maximum atomic E-state index is 11.9. The molecule has 0 bridgehead atoms. The molecule has 0 saturated carbocycles. The molecule has 0 amide bonds. The number of aryl methyl sites for hydroxylation is 1. The van der Waals surface area contributed by atoms with Gasteiger partial charge in [0.1, 0.15) is 0 Å². The summed E-state index contributed by atoms with van der Waals surface area (Å²) in [5, 5.41) is 0. The van der Waals surface area contributed by atoms with Gasteiger partial charge in [-0.3, -0.25) is 9.78 Å². The zero-order chi connectivity index (χ0) is 15.5. The molecule has 0 saturated heterocycles. The second-order valence-electron chi connectivity index (χ2n) is 5.31. The number of nitrogens with zero attached hydrogens (tertiary/aromatic N) is 1. The van der Waals surface area contributed by atoms with Crippen molar-refractivity contribution >= 4 is 5.78 Å². The smallest absolute Gasteiger partial charge is 0.161 e. The van der Waals surface area contributed by atoms with Crippen molar-refractivity contribution in [3.63, 3.8) is 0 Å². The zero-order valence-electron chi connectivity index (χ0n) is 12.7. The van der Waals surface area contributed by atoms with Gasteiger partial charge in [-0.2, -0.15) is 0 Å². The minimum atomic E-state index is 0.0433. The monoisotopic (exact) mass is 287 g/mol. The normalized spacial score (nSPS) is 10.5. The number of hydrogen-bond donors (Lipinski definition) is 0. The molecule has 108 valence electrons. The van der Waals surface area contributed by atoms with Crippen LogP contribution in [0.5, 0.6) is 0 Å². The molecule has 0 radical (unpaired) electrons. The zero-order valence-corrected chi connectivity index (χ0v) is 12.7. The molecule has 3 rings (SSSR count). The summed E-state index contributed by atoms with van der Waals surface area (Å²) in [4.78, 5) is 16.6. The van der Waals surface area contributed by atoms with Crippen molar-refractivity contribution < 1.29 is 4.79 Å². The van der Waals surface area contributed by atoms with Crippen molar-refractivity contribution in [3.8, 4) is 22.4 Å². The van der Waals surface area contributed by atoms with Crippen LogP contribution in [0.1, 0.15) is 23.0 Å². The molecule has 0 fully saturated rings. The Labute approximate surface area is 130 Å². The van der Waals surface area contributed by atoms with Gasteiger partial charge in [0.15, 0.2) is 5.78 Å². The van der Waals surface area contributed by atoms with E-state index in [1.165, 1.54) is 0 Å². The Kier molecular flexibility index (Phi) is 3.84. The molecular weight excluding hydrogens is 270 g/mol. The maximum absolute atomic E-state index is 11.9. The number of hydrogen-bond acceptors (Lipinski definition) is 2. The van der Waals surface area contributed by atoms with Gasteiger partial charge in [0.05, 0.1) is 5.69 Å². The molecule has 22 heavy (non-hydrogen) atoms. The van der Waals surface area contributed by atoms with Crippen LogP contribution in [0, 0.1) is 6.92 Å². The quantitative estimate of drug-likeness (QED) is 0.639. The number of Topliss-reactive ketones (excluding diaryl/α,β-unsaturated/α-hetero) is 1. The fourth-order valence-electron chi connectivity index (χ4n) is 2.62. The van der Waals surface area contributed by atoms with Crippen LogP contribution in [-0.2, 0) is 0 Å². The van der Waals surface area contributed by atoms with Crippen molar-refractivity contribution in [2.75, 3.05) is 0 Å². The van der Waals surface area contributed by atoms with Crippen molar-refractivity contribution in [2.45, 2.75) is 13.8 Å². The highest BCUT2D eigenvalue weighted by atomic mass is 16.1. The van der Waals surface area contributed by atoms with Crippen molar-refractivity contribution in [1.29, 1.82) is 0 Å². The third-order valence-electron chi connectivity index (χ3n) is 3.72. The molecule has 0 N–H and O–H groups in total. The number of ketones is 1. The fourth-order valence-corrected chi connectivity index (χ4v) is 2.62. The van der Waals surface area contributed by atoms with Crippen molar-refractivity contribution in [2.24, 2.45) is 0 Å². The van der Waals surface area contributed by atoms with Crippen LogP contribution in [0.3, 0.4) is 0 Å². The molecule has 0 unspecified atom stereocenters. The van der Waals surface area contributed by atoms with E-state index in [0.717, 1.165) is 28.1 Å². The van der Waals surface area contributed by atoms with E-state index >= 15 is 0 Å². The molecule has 2 heteroatoms. The molecule has 0 aliphatic rings. The lowest BCUT2D eigenvalue weighted by molar-refractivity contribution is 0.101. The Morgan fingerprint density at radius 3 is 1.95 bits per heavy atom. The van der Waals surface area contributed by atoms with E-state index in [0.29, 0.717) is 5.56 Å². The average Bonchev–Trinajstić information content (AvgIpc) is 2.56. The second-order valence-corrected chi connectivity index (χ2v) is 5.31. The maximum Gasteiger partial charge on any atom is 0.161 e. The summed E-state index contributed by atoms with van der Waals surface area (Å²) in [6, 6.07) is 22.1. The average molecular weight is 287 g/mol. The summed E-state index contributed by atoms with van der Waals surface area (Å²) >= 11 is 0. The van der Waals surface area contributed by atoms with Crippen LogP contribution >= 0.6 is 0 Å². The standard InChI is InChI=1S/C20H17NO/c1-14-18(15(2)22)13-19(16-9-5-3-6-10-16)20(21-14)17-11-7-4-8-12-17/h3-13H,1-2H3. The molecule has 2 aromatic carbocycles. The summed E-state index contributed by atoms with van der Waals surface area (Å²) < 4.78 is 0. The van der Waals surface area contributed by atoms with Gasteiger partial charge < -0.3 is 0 Å². The molecule has 0 aliphatic heterocycles. The fraction of sp³-hybridized carbons (Fsp3) is 0.100. The molecule has 2 nitrogen and oxygen atoms in total. The number of carbonyl (C=O) groups excluding carboxylic acids is 1. The molecule has 0 aliphatic carbocycles. The third kappa shape index (κ3) is 2.68. The first kappa shape index (κ1) is 14.2. The summed E-state index contributed by atoms with van der Waals surface area (Å²) in [7, 11) is 0. The number of carbonyl (C=O) groups is 1. The second kappa shape index (κ2) is 5.94. The summed E-state index contributed by atoms with van der Waals surface area (Å²) in [5.41, 5.74) is 5.47. The minimum Gasteiger partial charge on any atom is -0.294 e. The number of rotatable bonds is 3. The van der Waals surface area contributed by atoms with Crippen molar-refractivity contribution in [3.05, 3.63) is 78.0 Å². The van der Waals surface area contributed by atoms with E-state index in [2.05, 4.69) is 0 Å². The molecular formula is C20H17NO. The van der Waals surface area contributed by atoms with Gasteiger partial charge in [0.25, 0.3) is 0 Å². The van der Waals surface area contributed by atoms with E-state index < -0.39 is 0 Å². The van der Waals surface area contributed by atoms with Crippen LogP contribution in [0.25, 0.3) is 22.4 Å². The summed E-state index contributed by atoms with van der Waals surface area (Å²) in [6.45, 7) is 3.47. The molecule has 1 heterocycles. The Balaban J connectivity index is 2.29. The Morgan fingerprint density at radius 2 is 1.41 bits per heavy atom. The lowest BCUT2D eigenvalue weighted by atomic mass is 9.96. The predicted octanol–water partition coefficient (Wildman–Crippen LogP) is 4.93. The molecule has 0 spiro atoms. The highest BCUT2D eigenvalue weighted by Crippen LogP contribution is 2.32. The first-order valence-corrected chi connectivity index (χ1v) is 7.30. The van der Waals surface area contributed by atoms with Gasteiger partial charge in [0.2, 0.25) is 0 Å². The predicted molar refractivity (Wildman–Crippen MR) is 89.9 cm³/mol. The largest absolute Gasteiger partial charge is 0.294 e. The highest BCUT2D eigenvalue weighted by Gasteiger charge is 2.14. The van der Waals surface area contributed by atoms with Gasteiger partial charge in [-0.25, -0.2) is 0 Å². The Hall–Kier alpha value is -2.74. The first-order valence-electron chi connectivity index (χ1n) is 7.30. The first-order chi connectivity index (χ1) is 10.7. The topological polar surface area (TPSA) is 30.0 Å². The van der Waals surface area contributed by atoms with E-state index in [1.807, 2.05) is 73.7 Å². The van der Waals surface area contributed by atoms with Gasteiger partial charge in [-0.1, -0.05) is 60.7 Å². The SMILES string of the molecule is CC(=O)c1cc(-c2ccccc2)c(-c2ccccc2)nc1C.